The van der Waals surface area contributed by atoms with Gasteiger partial charge in [0, 0.05) is 22.9 Å². The molecular formula is C19H20FN3O3. The van der Waals surface area contributed by atoms with Crippen LogP contribution in [0.3, 0.4) is 0 Å². The molecule has 0 radical (unpaired) electrons. The Morgan fingerprint density at radius 3 is 2.96 bits per heavy atom. The van der Waals surface area contributed by atoms with Crippen molar-refractivity contribution in [3.63, 3.8) is 0 Å². The molecule has 1 aliphatic carbocycles. The molecule has 0 aromatic heterocycles. The van der Waals surface area contributed by atoms with Crippen molar-refractivity contribution in [2.24, 2.45) is 5.10 Å². The summed E-state index contributed by atoms with van der Waals surface area (Å²) in [5, 5.41) is 17.1. The fourth-order valence-corrected chi connectivity index (χ4v) is 3.05. The quantitative estimate of drug-likeness (QED) is 0.719. The van der Waals surface area contributed by atoms with E-state index in [9.17, 15) is 14.3 Å². The van der Waals surface area contributed by atoms with Gasteiger partial charge in [-0.15, -0.1) is 0 Å². The molecule has 136 valence electrons. The molecule has 2 aromatic carbocycles. The molecule has 0 bridgehead atoms. The number of aromatic hydroxyl groups is 1. The molecule has 0 unspecified atom stereocenters. The van der Waals surface area contributed by atoms with Gasteiger partial charge in [0.05, 0.1) is 19.4 Å². The minimum Gasteiger partial charge on any atom is -0.507 e. The van der Waals surface area contributed by atoms with Gasteiger partial charge in [-0.25, -0.2) is 9.82 Å². The standard InChI is InChI=1S/C19H20FN3O3/c1-11-8-15(19-16(24)7-6-14(20)18(11)19)22-23-17(25)10-21-12-4-3-5-13(9-12)26-2/h3-7,9,11,21,24H,8,10H2,1-2H3,(H,23,25)/b22-15+/t11-/m1/s1. The van der Waals surface area contributed by atoms with E-state index in [0.29, 0.717) is 29.0 Å². The molecule has 7 heteroatoms. The Morgan fingerprint density at radius 1 is 1.38 bits per heavy atom. The second-order valence-electron chi connectivity index (χ2n) is 6.14. The van der Waals surface area contributed by atoms with Crippen LogP contribution in [-0.4, -0.2) is 30.4 Å². The largest absolute Gasteiger partial charge is 0.507 e. The number of anilines is 1. The molecule has 1 amide bonds. The lowest BCUT2D eigenvalue weighted by molar-refractivity contribution is -0.119. The first-order valence-electron chi connectivity index (χ1n) is 8.24. The zero-order valence-corrected chi connectivity index (χ0v) is 14.5. The third-order valence-electron chi connectivity index (χ3n) is 4.29. The molecular weight excluding hydrogens is 337 g/mol. The number of hydrogen-bond acceptors (Lipinski definition) is 5. The molecule has 1 aliphatic rings. The molecule has 0 saturated carbocycles. The van der Waals surface area contributed by atoms with Gasteiger partial charge in [-0.05, 0) is 36.6 Å². The van der Waals surface area contributed by atoms with Crippen LogP contribution in [0.15, 0.2) is 41.5 Å². The number of nitrogens with one attached hydrogen (secondary N) is 2. The smallest absolute Gasteiger partial charge is 0.259 e. The van der Waals surface area contributed by atoms with Crippen molar-refractivity contribution in [3.05, 3.63) is 53.3 Å². The summed E-state index contributed by atoms with van der Waals surface area (Å²) in [4.78, 5) is 12.0. The fraction of sp³-hybridized carbons (Fsp3) is 0.263. The molecule has 0 heterocycles. The summed E-state index contributed by atoms with van der Waals surface area (Å²) < 4.78 is 19.1. The first kappa shape index (κ1) is 17.7. The van der Waals surface area contributed by atoms with E-state index in [1.165, 1.54) is 12.1 Å². The number of phenolic OH excluding ortho intramolecular Hbond substituents is 1. The maximum atomic E-state index is 14.0. The van der Waals surface area contributed by atoms with Crippen molar-refractivity contribution in [1.82, 2.24) is 5.43 Å². The SMILES string of the molecule is COc1cccc(NCC(=O)N/N=C2\C[C@@H](C)c3c(F)ccc(O)c32)c1. The van der Waals surface area contributed by atoms with Gasteiger partial charge in [-0.3, -0.25) is 4.79 Å². The lowest BCUT2D eigenvalue weighted by atomic mass is 10.0. The van der Waals surface area contributed by atoms with Gasteiger partial charge in [0.1, 0.15) is 17.3 Å². The molecule has 1 atom stereocenters. The fourth-order valence-electron chi connectivity index (χ4n) is 3.05. The molecule has 0 aliphatic heterocycles. The van der Waals surface area contributed by atoms with E-state index in [1.807, 2.05) is 25.1 Å². The first-order valence-corrected chi connectivity index (χ1v) is 8.24. The van der Waals surface area contributed by atoms with Crippen molar-refractivity contribution in [2.45, 2.75) is 19.3 Å². The number of phenols is 1. The van der Waals surface area contributed by atoms with Gasteiger partial charge in [-0.1, -0.05) is 13.0 Å². The van der Waals surface area contributed by atoms with Crippen molar-refractivity contribution in [3.8, 4) is 11.5 Å². The Balaban J connectivity index is 1.66. The molecule has 0 saturated heterocycles. The van der Waals surface area contributed by atoms with Crippen LogP contribution < -0.4 is 15.5 Å². The van der Waals surface area contributed by atoms with Crippen LogP contribution in [0.4, 0.5) is 10.1 Å². The zero-order chi connectivity index (χ0) is 18.7. The van der Waals surface area contributed by atoms with Gasteiger partial charge in [-0.2, -0.15) is 5.10 Å². The average Bonchev–Trinajstić information content (AvgIpc) is 2.99. The number of benzene rings is 2. The average molecular weight is 357 g/mol. The number of fused-ring (bicyclic) bond motifs is 1. The van der Waals surface area contributed by atoms with Crippen LogP contribution in [0, 0.1) is 5.82 Å². The topological polar surface area (TPSA) is 83.0 Å². The summed E-state index contributed by atoms with van der Waals surface area (Å²) in [6.45, 7) is 1.87. The number of nitrogens with zero attached hydrogens (tertiary/aromatic N) is 1. The Labute approximate surface area is 150 Å². The highest BCUT2D eigenvalue weighted by molar-refractivity contribution is 6.07. The zero-order valence-electron chi connectivity index (χ0n) is 14.5. The predicted molar refractivity (Wildman–Crippen MR) is 97.3 cm³/mol. The van der Waals surface area contributed by atoms with Gasteiger partial charge in [0.2, 0.25) is 0 Å². The third-order valence-corrected chi connectivity index (χ3v) is 4.29. The number of halogens is 1. The van der Waals surface area contributed by atoms with Gasteiger partial charge in [0.25, 0.3) is 5.91 Å². The van der Waals surface area contributed by atoms with Gasteiger partial charge < -0.3 is 15.2 Å². The lowest BCUT2D eigenvalue weighted by Crippen LogP contribution is -2.26. The van der Waals surface area contributed by atoms with Gasteiger partial charge >= 0.3 is 0 Å². The van der Waals surface area contributed by atoms with Crippen LogP contribution in [0.1, 0.15) is 30.4 Å². The molecule has 3 rings (SSSR count). The van der Waals surface area contributed by atoms with Crippen molar-refractivity contribution in [2.75, 3.05) is 19.0 Å². The van der Waals surface area contributed by atoms with Crippen molar-refractivity contribution in [1.29, 1.82) is 0 Å². The maximum Gasteiger partial charge on any atom is 0.259 e. The van der Waals surface area contributed by atoms with E-state index in [1.54, 1.807) is 13.2 Å². The Kier molecular flexibility index (Phi) is 5.06. The summed E-state index contributed by atoms with van der Waals surface area (Å²) in [5.74, 6) is -0.181. The molecule has 0 spiro atoms. The van der Waals surface area contributed by atoms with E-state index < -0.39 is 0 Å². The summed E-state index contributed by atoms with van der Waals surface area (Å²) in [5.41, 5.74) is 4.48. The monoisotopic (exact) mass is 357 g/mol. The normalized spacial score (nSPS) is 17.0. The molecule has 26 heavy (non-hydrogen) atoms. The highest BCUT2D eigenvalue weighted by Crippen LogP contribution is 2.39. The number of ether oxygens (including phenoxy) is 1. The molecule has 0 fully saturated rings. The first-order chi connectivity index (χ1) is 12.5. The van der Waals surface area contributed by atoms with E-state index in [-0.39, 0.29) is 29.9 Å². The highest BCUT2D eigenvalue weighted by Gasteiger charge is 2.30. The Bertz CT molecular complexity index is 867. The predicted octanol–water partition coefficient (Wildman–Crippen LogP) is 2.98. The summed E-state index contributed by atoms with van der Waals surface area (Å²) >= 11 is 0. The number of methoxy groups -OCH3 is 1. The summed E-state index contributed by atoms with van der Waals surface area (Å²) in [6, 6.07) is 9.75. The molecule has 3 N–H and O–H groups in total. The summed E-state index contributed by atoms with van der Waals surface area (Å²) in [6.07, 6.45) is 0.452. The van der Waals surface area contributed by atoms with E-state index in [0.717, 1.165) is 5.69 Å². The minimum atomic E-state index is -0.374. The third kappa shape index (κ3) is 3.61. The van der Waals surface area contributed by atoms with Crippen LogP contribution in [0.2, 0.25) is 0 Å². The number of amides is 1. The number of hydrazone groups is 1. The molecule has 6 nitrogen and oxygen atoms in total. The second kappa shape index (κ2) is 7.43. The summed E-state index contributed by atoms with van der Waals surface area (Å²) in [7, 11) is 1.57. The van der Waals surface area contributed by atoms with E-state index in [4.69, 9.17) is 4.74 Å². The highest BCUT2D eigenvalue weighted by atomic mass is 19.1. The van der Waals surface area contributed by atoms with Crippen molar-refractivity contribution >= 4 is 17.3 Å². The Hall–Kier alpha value is -3.09. The van der Waals surface area contributed by atoms with Crippen LogP contribution in [0.5, 0.6) is 11.5 Å². The van der Waals surface area contributed by atoms with Crippen molar-refractivity contribution < 1.29 is 19.0 Å². The van der Waals surface area contributed by atoms with Crippen LogP contribution in [-0.2, 0) is 4.79 Å². The number of carbonyl (C=O) groups is 1. The number of carbonyl (C=O) groups excluding carboxylic acids is 1. The van der Waals surface area contributed by atoms with Crippen LogP contribution >= 0.6 is 0 Å². The molecule has 2 aromatic rings. The minimum absolute atomic E-state index is 0.0154. The second-order valence-corrected chi connectivity index (χ2v) is 6.14. The maximum absolute atomic E-state index is 14.0. The van der Waals surface area contributed by atoms with Gasteiger partial charge in [0.15, 0.2) is 0 Å². The number of hydrogen-bond donors (Lipinski definition) is 3. The Morgan fingerprint density at radius 2 is 2.19 bits per heavy atom. The van der Waals surface area contributed by atoms with E-state index in [2.05, 4.69) is 15.8 Å². The lowest BCUT2D eigenvalue weighted by Gasteiger charge is -2.08. The van der Waals surface area contributed by atoms with E-state index >= 15 is 0 Å². The van der Waals surface area contributed by atoms with Crippen LogP contribution in [0.25, 0.3) is 0 Å². The number of rotatable bonds is 5.